The molecule has 0 bridgehead atoms. The van der Waals surface area contributed by atoms with Crippen LogP contribution in [0.15, 0.2) is 23.8 Å². The van der Waals surface area contributed by atoms with Gasteiger partial charge in [0.1, 0.15) is 23.7 Å². The molecule has 2 aliphatic rings. The summed E-state index contributed by atoms with van der Waals surface area (Å²) < 4.78 is 0. The Morgan fingerprint density at radius 2 is 1.85 bits per heavy atom. The van der Waals surface area contributed by atoms with E-state index in [1.54, 1.807) is 12.1 Å². The Morgan fingerprint density at radius 1 is 1.19 bits per heavy atom. The standard InChI is InChI=1S/C18H16ClNO6/c19-9-1-2-12-11(7-9)15(24)14(17(26)20-8-13(22)23)16(25)18(12)5-3-10(21)4-6-18/h1-2,7,24H,3-6,8H2,(H,20,26)(H,22,23). The van der Waals surface area contributed by atoms with Gasteiger partial charge in [0.2, 0.25) is 0 Å². The van der Waals surface area contributed by atoms with E-state index in [4.69, 9.17) is 16.7 Å². The maximum absolute atomic E-state index is 13.2. The van der Waals surface area contributed by atoms with E-state index in [-0.39, 0.29) is 37.0 Å². The van der Waals surface area contributed by atoms with Crippen molar-refractivity contribution in [3.63, 3.8) is 0 Å². The molecule has 1 spiro atoms. The number of aliphatic carboxylic acids is 1. The normalized spacial score (nSPS) is 18.7. The molecule has 0 aromatic heterocycles. The molecule has 0 atom stereocenters. The first-order valence-electron chi connectivity index (χ1n) is 8.06. The van der Waals surface area contributed by atoms with Crippen molar-refractivity contribution in [2.45, 2.75) is 31.1 Å². The van der Waals surface area contributed by atoms with Crippen LogP contribution in [0.3, 0.4) is 0 Å². The van der Waals surface area contributed by atoms with Crippen LogP contribution in [0.1, 0.15) is 36.8 Å². The predicted octanol–water partition coefficient (Wildman–Crippen LogP) is 1.77. The summed E-state index contributed by atoms with van der Waals surface area (Å²) in [5.41, 5.74) is -0.801. The molecule has 0 unspecified atom stereocenters. The lowest BCUT2D eigenvalue weighted by atomic mass is 9.61. The molecule has 2 aliphatic carbocycles. The summed E-state index contributed by atoms with van der Waals surface area (Å²) in [7, 11) is 0. The monoisotopic (exact) mass is 377 g/mol. The number of aliphatic hydroxyl groups is 1. The molecule has 1 saturated carbocycles. The fourth-order valence-corrected chi connectivity index (χ4v) is 3.81. The Morgan fingerprint density at radius 3 is 2.46 bits per heavy atom. The largest absolute Gasteiger partial charge is 0.506 e. The number of aliphatic hydroxyl groups excluding tert-OH is 1. The summed E-state index contributed by atoms with van der Waals surface area (Å²) in [6.45, 7) is -0.684. The van der Waals surface area contributed by atoms with E-state index in [9.17, 15) is 24.3 Å². The number of carboxylic acids is 1. The molecule has 1 fully saturated rings. The zero-order valence-electron chi connectivity index (χ0n) is 13.7. The first-order chi connectivity index (χ1) is 12.3. The van der Waals surface area contributed by atoms with Crippen molar-refractivity contribution in [3.8, 4) is 0 Å². The van der Waals surface area contributed by atoms with Crippen LogP contribution in [0.5, 0.6) is 0 Å². The van der Waals surface area contributed by atoms with Crippen molar-refractivity contribution in [1.82, 2.24) is 5.32 Å². The number of hydrogen-bond donors (Lipinski definition) is 3. The Labute approximate surface area is 153 Å². The highest BCUT2D eigenvalue weighted by atomic mass is 35.5. The van der Waals surface area contributed by atoms with E-state index >= 15 is 0 Å². The second-order valence-electron chi connectivity index (χ2n) is 6.44. The second-order valence-corrected chi connectivity index (χ2v) is 6.88. The molecule has 0 radical (unpaired) electrons. The highest BCUT2D eigenvalue weighted by Gasteiger charge is 2.50. The van der Waals surface area contributed by atoms with E-state index in [0.29, 0.717) is 10.6 Å². The number of nitrogens with one attached hydrogen (secondary N) is 1. The van der Waals surface area contributed by atoms with Gasteiger partial charge in [-0.3, -0.25) is 19.2 Å². The first-order valence-corrected chi connectivity index (χ1v) is 8.44. The van der Waals surface area contributed by atoms with Crippen LogP contribution in [0, 0.1) is 0 Å². The molecular weight excluding hydrogens is 362 g/mol. The van der Waals surface area contributed by atoms with Gasteiger partial charge in [0, 0.05) is 23.4 Å². The number of hydrogen-bond acceptors (Lipinski definition) is 5. The number of benzene rings is 1. The lowest BCUT2D eigenvalue weighted by molar-refractivity contribution is -0.138. The van der Waals surface area contributed by atoms with Crippen LogP contribution in [0.4, 0.5) is 0 Å². The Kier molecular flexibility index (Phi) is 4.58. The molecular formula is C18H16ClNO6. The average molecular weight is 378 g/mol. The number of carbonyl (C=O) groups is 4. The summed E-state index contributed by atoms with van der Waals surface area (Å²) in [4.78, 5) is 47.9. The Bertz CT molecular complexity index is 862. The summed E-state index contributed by atoms with van der Waals surface area (Å²) in [5.74, 6) is -3.33. The van der Waals surface area contributed by atoms with Gasteiger partial charge in [0.25, 0.3) is 5.91 Å². The zero-order chi connectivity index (χ0) is 19.1. The van der Waals surface area contributed by atoms with Crippen LogP contribution in [-0.4, -0.2) is 40.2 Å². The summed E-state index contributed by atoms with van der Waals surface area (Å²) >= 11 is 6.01. The SMILES string of the molecule is O=C(O)CNC(=O)C1=C(O)c2cc(Cl)ccc2C2(CCC(=O)CC2)C1=O. The van der Waals surface area contributed by atoms with Crippen molar-refractivity contribution >= 4 is 40.8 Å². The fraction of sp³-hybridized carbons (Fsp3) is 0.333. The second kappa shape index (κ2) is 6.57. The minimum Gasteiger partial charge on any atom is -0.506 e. The van der Waals surface area contributed by atoms with Gasteiger partial charge in [-0.05, 0) is 30.5 Å². The van der Waals surface area contributed by atoms with Gasteiger partial charge in [-0.25, -0.2) is 0 Å². The minimum atomic E-state index is -1.27. The molecule has 0 aliphatic heterocycles. The smallest absolute Gasteiger partial charge is 0.322 e. The molecule has 1 aromatic rings. The van der Waals surface area contributed by atoms with E-state index in [2.05, 4.69) is 5.32 Å². The number of fused-ring (bicyclic) bond motifs is 2. The molecule has 3 rings (SSSR count). The van der Waals surface area contributed by atoms with Crippen molar-refractivity contribution in [2.75, 3.05) is 6.54 Å². The van der Waals surface area contributed by atoms with Crippen molar-refractivity contribution in [2.24, 2.45) is 0 Å². The zero-order valence-corrected chi connectivity index (χ0v) is 14.4. The molecule has 3 N–H and O–H groups in total. The van der Waals surface area contributed by atoms with Crippen LogP contribution in [-0.2, 0) is 24.6 Å². The van der Waals surface area contributed by atoms with Gasteiger partial charge < -0.3 is 15.5 Å². The van der Waals surface area contributed by atoms with Crippen molar-refractivity contribution in [3.05, 3.63) is 39.9 Å². The number of halogens is 1. The Hall–Kier alpha value is -2.67. The van der Waals surface area contributed by atoms with Crippen LogP contribution >= 0.6 is 11.6 Å². The summed E-state index contributed by atoms with van der Waals surface area (Å²) in [5, 5.41) is 21.7. The highest BCUT2D eigenvalue weighted by molar-refractivity contribution is 6.32. The van der Waals surface area contributed by atoms with Crippen LogP contribution in [0.2, 0.25) is 5.02 Å². The molecule has 7 nitrogen and oxygen atoms in total. The summed E-state index contributed by atoms with van der Waals surface area (Å²) in [6, 6.07) is 4.68. The Balaban J connectivity index is 2.14. The van der Waals surface area contributed by atoms with Gasteiger partial charge in [0.15, 0.2) is 5.78 Å². The molecule has 136 valence electrons. The number of rotatable bonds is 3. The quantitative estimate of drug-likeness (QED) is 0.690. The fourth-order valence-electron chi connectivity index (χ4n) is 3.64. The molecule has 0 heterocycles. The maximum atomic E-state index is 13.2. The third-order valence-electron chi connectivity index (χ3n) is 4.94. The number of carboxylic acid groups (broad SMARTS) is 1. The molecule has 1 aromatic carbocycles. The molecule has 0 saturated heterocycles. The number of amides is 1. The molecule has 1 amide bonds. The van der Waals surface area contributed by atoms with Gasteiger partial charge in [-0.1, -0.05) is 17.7 Å². The predicted molar refractivity (Wildman–Crippen MR) is 91.8 cm³/mol. The average Bonchev–Trinajstić information content (AvgIpc) is 2.60. The number of Topliss-reactive ketones (excluding diaryl/α,β-unsaturated/α-hetero) is 2. The third-order valence-corrected chi connectivity index (χ3v) is 5.17. The van der Waals surface area contributed by atoms with Crippen molar-refractivity contribution < 1.29 is 29.4 Å². The maximum Gasteiger partial charge on any atom is 0.322 e. The highest BCUT2D eigenvalue weighted by Crippen LogP contribution is 2.48. The minimum absolute atomic E-state index is 0.0367. The van der Waals surface area contributed by atoms with E-state index in [1.165, 1.54) is 6.07 Å². The van der Waals surface area contributed by atoms with Crippen LogP contribution in [0.25, 0.3) is 5.76 Å². The lowest BCUT2D eigenvalue weighted by Gasteiger charge is -2.40. The third kappa shape index (κ3) is 2.88. The van der Waals surface area contributed by atoms with Gasteiger partial charge in [-0.15, -0.1) is 0 Å². The van der Waals surface area contributed by atoms with Gasteiger partial charge in [-0.2, -0.15) is 0 Å². The first kappa shape index (κ1) is 18.1. The van der Waals surface area contributed by atoms with E-state index in [1.807, 2.05) is 0 Å². The van der Waals surface area contributed by atoms with Crippen molar-refractivity contribution in [1.29, 1.82) is 0 Å². The van der Waals surface area contributed by atoms with Gasteiger partial charge in [0.05, 0.1) is 5.41 Å². The van der Waals surface area contributed by atoms with Gasteiger partial charge >= 0.3 is 5.97 Å². The topological polar surface area (TPSA) is 121 Å². The van der Waals surface area contributed by atoms with E-state index in [0.717, 1.165) is 0 Å². The summed E-state index contributed by atoms with van der Waals surface area (Å²) in [6.07, 6.45) is 0.835. The molecule has 26 heavy (non-hydrogen) atoms. The number of carbonyl (C=O) groups excluding carboxylic acids is 3. The number of ketones is 2. The molecule has 8 heteroatoms. The van der Waals surface area contributed by atoms with E-state index < -0.39 is 41.0 Å². The lowest BCUT2D eigenvalue weighted by Crippen LogP contribution is -2.47. The van der Waals surface area contributed by atoms with Crippen LogP contribution < -0.4 is 5.32 Å².